The third kappa shape index (κ3) is 15.4. The highest BCUT2D eigenvalue weighted by atomic mass is 79.9. The molecule has 2 atom stereocenters. The van der Waals surface area contributed by atoms with Crippen molar-refractivity contribution in [1.29, 1.82) is 5.26 Å². The molecule has 2 aromatic carbocycles. The average Bonchev–Trinajstić information content (AvgIpc) is 3.33. The molecule has 0 spiro atoms. The van der Waals surface area contributed by atoms with Gasteiger partial charge in [-0.3, -0.25) is 19.6 Å². The third-order valence-electron chi connectivity index (χ3n) is 10.1. The highest BCUT2D eigenvalue weighted by Crippen LogP contribution is 2.39. The molecule has 4 heterocycles. The van der Waals surface area contributed by atoms with Crippen LogP contribution in [0.3, 0.4) is 0 Å². The molecule has 6 rings (SSSR count). The van der Waals surface area contributed by atoms with Crippen LogP contribution in [0.15, 0.2) is 94.4 Å². The molecule has 18 nitrogen and oxygen atoms in total. The fraction of sp³-hybridized carbons (Fsp3) is 0.271. The maximum absolute atomic E-state index is 11.1. The van der Waals surface area contributed by atoms with Crippen molar-refractivity contribution in [2.24, 2.45) is 0 Å². The number of rotatable bonds is 26. The first-order valence-corrected chi connectivity index (χ1v) is 23.7. The van der Waals surface area contributed by atoms with Crippen molar-refractivity contribution in [2.45, 2.75) is 64.6 Å². The Morgan fingerprint density at radius 1 is 0.657 bits per heavy atom. The molecule has 4 aromatic heterocycles. The summed E-state index contributed by atoms with van der Waals surface area (Å²) in [7, 11) is 1.79. The van der Waals surface area contributed by atoms with Crippen molar-refractivity contribution in [1.82, 2.24) is 30.6 Å². The van der Waals surface area contributed by atoms with Crippen LogP contribution >= 0.6 is 55.1 Å². The number of aromatic nitrogens is 4. The standard InChI is InChI=1S/C48H46Br2Cl2N8O10/c1-54-34-9-29(17-56-20-34)24-68-46-33(19-58-22-36(62)13-42(65)66)11-40(50)48(60-46)70-26-31-5-3-7-38(44(31)52)37-6-2-4-30(43(37)51)25-69-47-39(49)10-32(18-57-21-35(61)12-41(63)64)45(59-47)67-23-28-8-27(14-53)15-55-16-28/h2-11,15-17,20,35-36,54,57-58,61-62H,12-13,18-19,21-26H2,1H3,(H,63,64)(H,65,66)/t35-,36-/m0/s1. The van der Waals surface area contributed by atoms with Gasteiger partial charge >= 0.3 is 11.9 Å². The number of pyridine rings is 4. The number of nitrogens with one attached hydrogen (secondary N) is 3. The Hall–Kier alpha value is -6.15. The van der Waals surface area contributed by atoms with E-state index in [1.807, 2.05) is 42.5 Å². The number of halogens is 4. The number of hydrogen-bond donors (Lipinski definition) is 7. The first kappa shape index (κ1) is 53.2. The number of nitrogens with zero attached hydrogens (tertiary/aromatic N) is 5. The SMILES string of the molecule is CNc1cncc(COc2nc(OCc3cccc(-c4cccc(COc5nc(OCc6cncc(C#N)c6)c(CNC[C@@H](O)CC(=O)O)cc5Br)c4Cl)c3Cl)c(Br)cc2CNC[C@@H](O)CC(=O)O)c1. The van der Waals surface area contributed by atoms with Crippen LogP contribution in [0, 0.1) is 11.3 Å². The number of aliphatic carboxylic acids is 2. The van der Waals surface area contributed by atoms with E-state index in [4.69, 9.17) is 52.4 Å². The molecule has 0 fully saturated rings. The van der Waals surface area contributed by atoms with Gasteiger partial charge in [0.05, 0.1) is 55.3 Å². The Kier molecular flexibility index (Phi) is 19.9. The largest absolute Gasteiger partial charge is 0.481 e. The summed E-state index contributed by atoms with van der Waals surface area (Å²) in [4.78, 5) is 39.8. The number of carboxylic acid groups (broad SMARTS) is 2. The number of nitriles is 1. The molecule has 70 heavy (non-hydrogen) atoms. The van der Waals surface area contributed by atoms with Crippen LogP contribution in [0.5, 0.6) is 23.5 Å². The molecular formula is C48H46Br2Cl2N8O10. The smallest absolute Gasteiger partial charge is 0.306 e. The Bertz CT molecular complexity index is 2840. The Morgan fingerprint density at radius 2 is 1.11 bits per heavy atom. The first-order valence-electron chi connectivity index (χ1n) is 21.3. The normalized spacial score (nSPS) is 11.9. The highest BCUT2D eigenvalue weighted by Gasteiger charge is 2.20. The van der Waals surface area contributed by atoms with Gasteiger partial charge in [0, 0.05) is 103 Å². The fourth-order valence-electron chi connectivity index (χ4n) is 6.71. The van der Waals surface area contributed by atoms with E-state index in [9.17, 15) is 25.1 Å². The van der Waals surface area contributed by atoms with Crippen LogP contribution in [0.4, 0.5) is 5.69 Å². The molecule has 0 saturated carbocycles. The molecule has 0 radical (unpaired) electrons. The summed E-state index contributed by atoms with van der Waals surface area (Å²) in [5, 5.41) is 57.5. The second-order valence-electron chi connectivity index (χ2n) is 15.5. The topological polar surface area (TPSA) is 263 Å². The predicted octanol–water partition coefficient (Wildman–Crippen LogP) is 7.85. The molecule has 7 N–H and O–H groups in total. The molecule has 0 aliphatic carbocycles. The second-order valence-corrected chi connectivity index (χ2v) is 17.9. The van der Waals surface area contributed by atoms with E-state index in [0.717, 1.165) is 11.3 Å². The number of ether oxygens (including phenoxy) is 4. The van der Waals surface area contributed by atoms with E-state index in [0.29, 0.717) is 63.5 Å². The third-order valence-corrected chi connectivity index (χ3v) is 12.1. The van der Waals surface area contributed by atoms with Crippen LogP contribution in [0.25, 0.3) is 11.1 Å². The molecule has 0 bridgehead atoms. The molecule has 22 heteroatoms. The second kappa shape index (κ2) is 26.2. The van der Waals surface area contributed by atoms with E-state index in [2.05, 4.69) is 73.8 Å². The van der Waals surface area contributed by atoms with Gasteiger partial charge in [0.15, 0.2) is 0 Å². The van der Waals surface area contributed by atoms with Gasteiger partial charge in [-0.25, -0.2) is 0 Å². The van der Waals surface area contributed by atoms with Crippen LogP contribution in [-0.4, -0.2) is 84.6 Å². The molecule has 0 aliphatic heterocycles. The van der Waals surface area contributed by atoms with Crippen LogP contribution < -0.4 is 34.9 Å². The zero-order valence-electron chi connectivity index (χ0n) is 37.3. The minimum atomic E-state index is -1.12. The molecule has 0 aliphatic rings. The van der Waals surface area contributed by atoms with Gasteiger partial charge in [0.2, 0.25) is 23.5 Å². The lowest BCUT2D eigenvalue weighted by molar-refractivity contribution is -0.140. The lowest BCUT2D eigenvalue weighted by Gasteiger charge is -2.17. The summed E-state index contributed by atoms with van der Waals surface area (Å²) in [6.07, 6.45) is 3.33. The summed E-state index contributed by atoms with van der Waals surface area (Å²) in [5.74, 6) is -1.42. The van der Waals surface area contributed by atoms with Gasteiger partial charge in [0.1, 0.15) is 32.5 Å². The molecule has 6 aromatic rings. The first-order chi connectivity index (χ1) is 33.7. The Balaban J connectivity index is 1.18. The van der Waals surface area contributed by atoms with E-state index in [1.165, 1.54) is 6.20 Å². The number of carboxylic acids is 2. The maximum atomic E-state index is 11.1. The van der Waals surface area contributed by atoms with Crippen LogP contribution in [0.2, 0.25) is 10.0 Å². The lowest BCUT2D eigenvalue weighted by Crippen LogP contribution is -2.28. The Labute approximate surface area is 429 Å². The van der Waals surface area contributed by atoms with Crippen molar-refractivity contribution in [3.8, 4) is 40.7 Å². The molecule has 366 valence electrons. The number of carbonyl (C=O) groups is 2. The van der Waals surface area contributed by atoms with Gasteiger partial charge in [-0.2, -0.15) is 15.2 Å². The molecule has 0 unspecified atom stereocenters. The number of aliphatic hydroxyl groups is 2. The fourth-order valence-corrected chi connectivity index (χ4v) is 8.24. The molecule has 0 saturated heterocycles. The summed E-state index contributed by atoms with van der Waals surface area (Å²) in [6, 6.07) is 20.0. The zero-order chi connectivity index (χ0) is 50.2. The zero-order valence-corrected chi connectivity index (χ0v) is 42.0. The van der Waals surface area contributed by atoms with Crippen molar-refractivity contribution < 1.29 is 49.0 Å². The minimum absolute atomic E-state index is 0.00244. The minimum Gasteiger partial charge on any atom is -0.481 e. The Morgan fingerprint density at radius 3 is 1.57 bits per heavy atom. The van der Waals surface area contributed by atoms with Crippen molar-refractivity contribution in [3.63, 3.8) is 0 Å². The number of hydrogen-bond acceptors (Lipinski definition) is 16. The van der Waals surface area contributed by atoms with Crippen molar-refractivity contribution in [2.75, 3.05) is 25.5 Å². The van der Waals surface area contributed by atoms with Gasteiger partial charge < -0.3 is 55.3 Å². The van der Waals surface area contributed by atoms with Crippen molar-refractivity contribution >= 4 is 72.7 Å². The summed E-state index contributed by atoms with van der Waals surface area (Å²) in [6.45, 7) is 0.526. The van der Waals surface area contributed by atoms with E-state index < -0.39 is 37.0 Å². The molecular weight excluding hydrogens is 1080 g/mol. The predicted molar refractivity (Wildman–Crippen MR) is 266 cm³/mol. The number of benzene rings is 2. The van der Waals surface area contributed by atoms with Crippen LogP contribution in [0.1, 0.15) is 51.8 Å². The summed E-state index contributed by atoms with van der Waals surface area (Å²) >= 11 is 21.3. The van der Waals surface area contributed by atoms with Gasteiger partial charge in [-0.15, -0.1) is 0 Å². The lowest BCUT2D eigenvalue weighted by atomic mass is 10.0. The number of aliphatic hydroxyl groups excluding tert-OH is 2. The van der Waals surface area contributed by atoms with Crippen LogP contribution in [-0.2, 0) is 49.1 Å². The van der Waals surface area contributed by atoms with Gasteiger partial charge in [-0.1, -0.05) is 59.6 Å². The monoisotopic (exact) mass is 1120 g/mol. The summed E-state index contributed by atoms with van der Waals surface area (Å²) < 4.78 is 25.7. The van der Waals surface area contributed by atoms with E-state index in [1.54, 1.807) is 43.8 Å². The average molecular weight is 1130 g/mol. The van der Waals surface area contributed by atoms with Gasteiger partial charge in [0.25, 0.3) is 0 Å². The highest BCUT2D eigenvalue weighted by molar-refractivity contribution is 9.10. The molecule has 0 amide bonds. The van der Waals surface area contributed by atoms with Crippen molar-refractivity contribution in [3.05, 3.63) is 143 Å². The number of anilines is 1. The summed E-state index contributed by atoms with van der Waals surface area (Å²) in [5.41, 5.74) is 6.25. The van der Waals surface area contributed by atoms with E-state index >= 15 is 0 Å². The van der Waals surface area contributed by atoms with E-state index in [-0.39, 0.29) is 76.1 Å². The van der Waals surface area contributed by atoms with Gasteiger partial charge in [-0.05, 0) is 56.1 Å². The maximum Gasteiger partial charge on any atom is 0.306 e. The quantitative estimate of drug-likeness (QED) is 0.0273.